The highest BCUT2D eigenvalue weighted by Crippen LogP contribution is 2.14. The van der Waals surface area contributed by atoms with Gasteiger partial charge in [0.25, 0.3) is 0 Å². The second-order valence-corrected chi connectivity index (χ2v) is 4.43. The molecular formula is C13H19FN2O. The van der Waals surface area contributed by atoms with E-state index in [-0.39, 0.29) is 29.7 Å². The van der Waals surface area contributed by atoms with Crippen molar-refractivity contribution in [1.29, 1.82) is 0 Å². The van der Waals surface area contributed by atoms with Gasteiger partial charge in [0.15, 0.2) is 0 Å². The summed E-state index contributed by atoms with van der Waals surface area (Å²) in [5.41, 5.74) is 6.53. The number of amides is 1. The van der Waals surface area contributed by atoms with Gasteiger partial charge < -0.3 is 11.1 Å². The number of benzene rings is 1. The van der Waals surface area contributed by atoms with E-state index in [1.54, 1.807) is 26.0 Å². The monoisotopic (exact) mass is 238 g/mol. The zero-order valence-electron chi connectivity index (χ0n) is 10.4. The van der Waals surface area contributed by atoms with Gasteiger partial charge in [-0.3, -0.25) is 4.79 Å². The first kappa shape index (κ1) is 13.6. The SMILES string of the molecule is CC(N)C(C)C(=O)N[C@@H](C)c1ccc(F)cc1. The summed E-state index contributed by atoms with van der Waals surface area (Å²) in [7, 11) is 0. The lowest BCUT2D eigenvalue weighted by Crippen LogP contribution is -2.39. The fourth-order valence-corrected chi connectivity index (χ4v) is 1.42. The third-order valence-corrected chi connectivity index (χ3v) is 2.93. The van der Waals surface area contributed by atoms with Crippen LogP contribution >= 0.6 is 0 Å². The lowest BCUT2D eigenvalue weighted by Gasteiger charge is -2.19. The van der Waals surface area contributed by atoms with E-state index in [2.05, 4.69) is 5.32 Å². The Balaban J connectivity index is 2.63. The molecule has 17 heavy (non-hydrogen) atoms. The number of nitrogens with one attached hydrogen (secondary N) is 1. The van der Waals surface area contributed by atoms with Crippen LogP contribution in [0.5, 0.6) is 0 Å². The van der Waals surface area contributed by atoms with Gasteiger partial charge in [-0.1, -0.05) is 19.1 Å². The summed E-state index contributed by atoms with van der Waals surface area (Å²) in [4.78, 5) is 11.8. The maximum atomic E-state index is 12.7. The van der Waals surface area contributed by atoms with Crippen molar-refractivity contribution in [3.8, 4) is 0 Å². The Bertz CT molecular complexity index is 376. The maximum Gasteiger partial charge on any atom is 0.224 e. The first-order valence-electron chi connectivity index (χ1n) is 5.73. The number of hydrogen-bond acceptors (Lipinski definition) is 2. The van der Waals surface area contributed by atoms with Crippen LogP contribution in [0.4, 0.5) is 4.39 Å². The summed E-state index contributed by atoms with van der Waals surface area (Å²) in [5.74, 6) is -0.606. The van der Waals surface area contributed by atoms with E-state index in [1.807, 2.05) is 6.92 Å². The predicted octanol–water partition coefficient (Wildman–Crippen LogP) is 1.99. The van der Waals surface area contributed by atoms with Crippen LogP contribution in [-0.2, 0) is 4.79 Å². The Hall–Kier alpha value is -1.42. The highest BCUT2D eigenvalue weighted by atomic mass is 19.1. The Morgan fingerprint density at radius 3 is 2.24 bits per heavy atom. The van der Waals surface area contributed by atoms with Gasteiger partial charge >= 0.3 is 0 Å². The molecule has 0 aliphatic rings. The topological polar surface area (TPSA) is 55.1 Å². The van der Waals surface area contributed by atoms with Crippen molar-refractivity contribution >= 4 is 5.91 Å². The zero-order chi connectivity index (χ0) is 13.0. The molecule has 2 unspecified atom stereocenters. The lowest BCUT2D eigenvalue weighted by atomic mass is 10.0. The second kappa shape index (κ2) is 5.77. The average Bonchev–Trinajstić information content (AvgIpc) is 2.28. The van der Waals surface area contributed by atoms with Crippen molar-refractivity contribution in [3.05, 3.63) is 35.6 Å². The number of carbonyl (C=O) groups is 1. The molecule has 4 heteroatoms. The van der Waals surface area contributed by atoms with Crippen LogP contribution in [0.3, 0.4) is 0 Å². The minimum absolute atomic E-state index is 0.0863. The highest BCUT2D eigenvalue weighted by Gasteiger charge is 2.19. The van der Waals surface area contributed by atoms with E-state index in [0.717, 1.165) is 5.56 Å². The quantitative estimate of drug-likeness (QED) is 0.842. The normalized spacial score (nSPS) is 16.1. The predicted molar refractivity (Wildman–Crippen MR) is 65.8 cm³/mol. The number of rotatable bonds is 4. The first-order valence-corrected chi connectivity index (χ1v) is 5.73. The van der Waals surface area contributed by atoms with Gasteiger partial charge in [-0.25, -0.2) is 4.39 Å². The van der Waals surface area contributed by atoms with E-state index in [0.29, 0.717) is 0 Å². The van der Waals surface area contributed by atoms with Gasteiger partial charge in [0, 0.05) is 12.0 Å². The van der Waals surface area contributed by atoms with Crippen LogP contribution < -0.4 is 11.1 Å². The minimum atomic E-state index is -0.281. The van der Waals surface area contributed by atoms with E-state index < -0.39 is 0 Å². The average molecular weight is 238 g/mol. The molecule has 1 amide bonds. The van der Waals surface area contributed by atoms with E-state index in [1.165, 1.54) is 12.1 Å². The standard InChI is InChI=1S/C13H19FN2O/c1-8(9(2)15)13(17)16-10(3)11-4-6-12(14)7-5-11/h4-10H,15H2,1-3H3,(H,16,17)/t8?,9?,10-/m0/s1. The van der Waals surface area contributed by atoms with E-state index >= 15 is 0 Å². The Labute approximate surface area is 101 Å². The summed E-state index contributed by atoms with van der Waals surface area (Å²) in [6, 6.07) is 5.76. The van der Waals surface area contributed by atoms with Crippen molar-refractivity contribution in [2.75, 3.05) is 0 Å². The zero-order valence-corrected chi connectivity index (χ0v) is 10.4. The van der Waals surface area contributed by atoms with Crippen molar-refractivity contribution in [2.45, 2.75) is 32.9 Å². The summed E-state index contributed by atoms with van der Waals surface area (Å²) >= 11 is 0. The molecule has 0 spiro atoms. The molecule has 0 aliphatic carbocycles. The Morgan fingerprint density at radius 1 is 1.24 bits per heavy atom. The molecule has 0 saturated carbocycles. The molecule has 1 rings (SSSR count). The number of halogens is 1. The van der Waals surface area contributed by atoms with Gasteiger partial charge in [0.2, 0.25) is 5.91 Å². The van der Waals surface area contributed by atoms with Crippen LogP contribution in [0, 0.1) is 11.7 Å². The molecule has 0 saturated heterocycles. The summed E-state index contributed by atoms with van der Waals surface area (Å²) in [6.07, 6.45) is 0. The Kier molecular flexibility index (Phi) is 4.63. The van der Waals surface area contributed by atoms with Crippen LogP contribution in [0.2, 0.25) is 0 Å². The van der Waals surface area contributed by atoms with Crippen LogP contribution in [-0.4, -0.2) is 11.9 Å². The van der Waals surface area contributed by atoms with Gasteiger partial charge in [0.05, 0.1) is 6.04 Å². The van der Waals surface area contributed by atoms with Crippen LogP contribution in [0.15, 0.2) is 24.3 Å². The van der Waals surface area contributed by atoms with Crippen molar-refractivity contribution in [1.82, 2.24) is 5.32 Å². The Morgan fingerprint density at radius 2 is 1.76 bits per heavy atom. The molecule has 3 nitrogen and oxygen atoms in total. The molecule has 94 valence electrons. The molecule has 0 fully saturated rings. The number of nitrogens with two attached hydrogens (primary N) is 1. The molecule has 0 bridgehead atoms. The molecule has 3 N–H and O–H groups in total. The molecule has 3 atom stereocenters. The molecule has 0 radical (unpaired) electrons. The summed E-state index contributed by atoms with van der Waals surface area (Å²) in [5, 5.41) is 2.86. The molecule has 0 aliphatic heterocycles. The van der Waals surface area contributed by atoms with Crippen LogP contribution in [0.25, 0.3) is 0 Å². The number of carbonyl (C=O) groups excluding carboxylic acids is 1. The minimum Gasteiger partial charge on any atom is -0.349 e. The van der Waals surface area contributed by atoms with Gasteiger partial charge in [-0.15, -0.1) is 0 Å². The van der Waals surface area contributed by atoms with E-state index in [9.17, 15) is 9.18 Å². The third-order valence-electron chi connectivity index (χ3n) is 2.93. The second-order valence-electron chi connectivity index (χ2n) is 4.43. The summed E-state index contributed by atoms with van der Waals surface area (Å²) < 4.78 is 12.7. The van der Waals surface area contributed by atoms with Gasteiger partial charge in [-0.2, -0.15) is 0 Å². The fourth-order valence-electron chi connectivity index (χ4n) is 1.42. The highest BCUT2D eigenvalue weighted by molar-refractivity contribution is 5.79. The van der Waals surface area contributed by atoms with Crippen molar-refractivity contribution < 1.29 is 9.18 Å². The largest absolute Gasteiger partial charge is 0.349 e. The van der Waals surface area contributed by atoms with Gasteiger partial charge in [0.1, 0.15) is 5.82 Å². The smallest absolute Gasteiger partial charge is 0.224 e. The third kappa shape index (κ3) is 3.82. The van der Waals surface area contributed by atoms with E-state index in [4.69, 9.17) is 5.73 Å². The van der Waals surface area contributed by atoms with Crippen molar-refractivity contribution in [2.24, 2.45) is 11.7 Å². The molecule has 0 heterocycles. The van der Waals surface area contributed by atoms with Crippen LogP contribution in [0.1, 0.15) is 32.4 Å². The first-order chi connectivity index (χ1) is 7.91. The maximum absolute atomic E-state index is 12.7. The molecule has 0 aromatic heterocycles. The molecule has 1 aromatic carbocycles. The van der Waals surface area contributed by atoms with Gasteiger partial charge in [-0.05, 0) is 31.5 Å². The lowest BCUT2D eigenvalue weighted by molar-refractivity contribution is -0.125. The number of hydrogen-bond donors (Lipinski definition) is 2. The summed E-state index contributed by atoms with van der Waals surface area (Å²) in [6.45, 7) is 5.45. The molecular weight excluding hydrogens is 219 g/mol. The fraction of sp³-hybridized carbons (Fsp3) is 0.462. The van der Waals surface area contributed by atoms with Crippen molar-refractivity contribution in [3.63, 3.8) is 0 Å². The molecule has 1 aromatic rings.